The minimum Gasteiger partial charge on any atom is -0.310 e. The van der Waals surface area contributed by atoms with Crippen molar-refractivity contribution in [2.75, 3.05) is 11.6 Å². The van der Waals surface area contributed by atoms with Gasteiger partial charge in [-0.1, -0.05) is 31.7 Å². The first-order chi connectivity index (χ1) is 13.4. The number of rotatable bonds is 6. The van der Waals surface area contributed by atoms with Crippen LogP contribution in [-0.4, -0.2) is 30.5 Å². The number of anilines is 1. The zero-order valence-corrected chi connectivity index (χ0v) is 16.4. The standard InChI is InChI=1S/C20H22N4O3S/c1-28(26,27)18-7-6-15(11-16(18)12-21)17(10-14-4-2-3-5-14)20(25)24-19-8-9-22-13-23-19/h6-9,11,13-14,17H,2-5,10H2,1H3,(H,22,23,24,25). The molecule has 1 N–H and O–H groups in total. The highest BCUT2D eigenvalue weighted by Gasteiger charge is 2.28. The molecule has 28 heavy (non-hydrogen) atoms. The third kappa shape index (κ3) is 4.73. The van der Waals surface area contributed by atoms with Gasteiger partial charge in [-0.25, -0.2) is 18.4 Å². The zero-order chi connectivity index (χ0) is 20.1. The maximum absolute atomic E-state index is 13.0. The number of carbonyl (C=O) groups excluding carboxylic acids is 1. The van der Waals surface area contributed by atoms with Crippen LogP contribution in [0.1, 0.15) is 49.1 Å². The quantitative estimate of drug-likeness (QED) is 0.800. The van der Waals surface area contributed by atoms with Gasteiger partial charge >= 0.3 is 0 Å². The molecule has 3 rings (SSSR count). The molecule has 1 saturated carbocycles. The fourth-order valence-electron chi connectivity index (χ4n) is 3.73. The molecule has 1 aliphatic carbocycles. The lowest BCUT2D eigenvalue weighted by Gasteiger charge is -2.21. The molecule has 1 fully saturated rings. The second kappa shape index (κ2) is 8.48. The highest BCUT2D eigenvalue weighted by atomic mass is 32.2. The van der Waals surface area contributed by atoms with Gasteiger partial charge in [0.1, 0.15) is 18.2 Å². The lowest BCUT2D eigenvalue weighted by molar-refractivity contribution is -0.118. The molecule has 1 heterocycles. The van der Waals surface area contributed by atoms with E-state index in [0.29, 0.717) is 23.7 Å². The van der Waals surface area contributed by atoms with Crippen molar-refractivity contribution in [3.8, 4) is 6.07 Å². The molecule has 1 aromatic carbocycles. The predicted octanol–water partition coefficient (Wildman–Crippen LogP) is 3.05. The zero-order valence-electron chi connectivity index (χ0n) is 15.6. The number of nitriles is 1. The second-order valence-corrected chi connectivity index (χ2v) is 9.15. The van der Waals surface area contributed by atoms with Crippen LogP contribution < -0.4 is 5.32 Å². The summed E-state index contributed by atoms with van der Waals surface area (Å²) in [6, 6.07) is 8.14. The Balaban J connectivity index is 1.94. The van der Waals surface area contributed by atoms with E-state index in [1.54, 1.807) is 18.3 Å². The molecule has 1 unspecified atom stereocenters. The number of carbonyl (C=O) groups is 1. The summed E-state index contributed by atoms with van der Waals surface area (Å²) in [6.45, 7) is 0. The van der Waals surface area contributed by atoms with Gasteiger partial charge in [0, 0.05) is 12.5 Å². The number of amides is 1. The number of nitrogens with one attached hydrogen (secondary N) is 1. The smallest absolute Gasteiger partial charge is 0.233 e. The van der Waals surface area contributed by atoms with Crippen LogP contribution in [0.2, 0.25) is 0 Å². The molecule has 0 bridgehead atoms. The molecule has 1 amide bonds. The molecule has 1 aromatic heterocycles. The average molecular weight is 398 g/mol. The van der Waals surface area contributed by atoms with Gasteiger partial charge in [-0.3, -0.25) is 4.79 Å². The number of nitrogens with zero attached hydrogens (tertiary/aromatic N) is 3. The predicted molar refractivity (Wildman–Crippen MR) is 104 cm³/mol. The third-order valence-electron chi connectivity index (χ3n) is 5.12. The Kier molecular flexibility index (Phi) is 6.05. The van der Waals surface area contributed by atoms with E-state index in [-0.39, 0.29) is 16.4 Å². The molecule has 146 valence electrons. The van der Waals surface area contributed by atoms with Crippen molar-refractivity contribution in [1.82, 2.24) is 9.97 Å². The van der Waals surface area contributed by atoms with Crippen LogP contribution >= 0.6 is 0 Å². The highest BCUT2D eigenvalue weighted by molar-refractivity contribution is 7.90. The Morgan fingerprint density at radius 1 is 1.32 bits per heavy atom. The van der Waals surface area contributed by atoms with Crippen LogP contribution in [0.5, 0.6) is 0 Å². The van der Waals surface area contributed by atoms with Crippen LogP contribution in [0.3, 0.4) is 0 Å². The summed E-state index contributed by atoms with van der Waals surface area (Å²) in [5, 5.41) is 12.2. The summed E-state index contributed by atoms with van der Waals surface area (Å²) in [6.07, 6.45) is 9.08. The number of aromatic nitrogens is 2. The van der Waals surface area contributed by atoms with E-state index in [1.807, 2.05) is 6.07 Å². The number of hydrogen-bond donors (Lipinski definition) is 1. The monoisotopic (exact) mass is 398 g/mol. The Hall–Kier alpha value is -2.79. The van der Waals surface area contributed by atoms with Crippen molar-refractivity contribution in [3.05, 3.63) is 47.9 Å². The van der Waals surface area contributed by atoms with Crippen molar-refractivity contribution in [3.63, 3.8) is 0 Å². The Morgan fingerprint density at radius 2 is 2.07 bits per heavy atom. The first-order valence-corrected chi connectivity index (χ1v) is 11.1. The number of hydrogen-bond acceptors (Lipinski definition) is 6. The maximum Gasteiger partial charge on any atom is 0.233 e. The Morgan fingerprint density at radius 3 is 2.68 bits per heavy atom. The van der Waals surface area contributed by atoms with Gasteiger partial charge in [0.25, 0.3) is 0 Å². The molecule has 2 aromatic rings. The van der Waals surface area contributed by atoms with Crippen LogP contribution in [0.15, 0.2) is 41.7 Å². The van der Waals surface area contributed by atoms with E-state index in [9.17, 15) is 18.5 Å². The van der Waals surface area contributed by atoms with Crippen LogP contribution in [0.25, 0.3) is 0 Å². The van der Waals surface area contributed by atoms with Gasteiger partial charge in [-0.2, -0.15) is 5.26 Å². The molecule has 1 atom stereocenters. The van der Waals surface area contributed by atoms with Crippen molar-refractivity contribution in [2.45, 2.75) is 42.9 Å². The SMILES string of the molecule is CS(=O)(=O)c1ccc(C(CC2CCCC2)C(=O)Nc2ccncn2)cc1C#N. The summed E-state index contributed by atoms with van der Waals surface area (Å²) < 4.78 is 23.8. The molecule has 0 saturated heterocycles. The highest BCUT2D eigenvalue weighted by Crippen LogP contribution is 2.35. The second-order valence-electron chi connectivity index (χ2n) is 7.16. The normalized spacial score (nSPS) is 15.7. The van der Waals surface area contributed by atoms with Gasteiger partial charge in [0.2, 0.25) is 5.91 Å². The molecule has 8 heteroatoms. The van der Waals surface area contributed by atoms with E-state index in [2.05, 4.69) is 15.3 Å². The van der Waals surface area contributed by atoms with Crippen molar-refractivity contribution >= 4 is 21.6 Å². The topological polar surface area (TPSA) is 113 Å². The minimum atomic E-state index is -3.52. The fourth-order valence-corrected chi connectivity index (χ4v) is 4.55. The van der Waals surface area contributed by atoms with Gasteiger partial charge < -0.3 is 5.32 Å². The molecule has 7 nitrogen and oxygen atoms in total. The van der Waals surface area contributed by atoms with Gasteiger partial charge in [0.05, 0.1) is 16.4 Å². The first-order valence-electron chi connectivity index (χ1n) is 9.19. The van der Waals surface area contributed by atoms with Gasteiger partial charge in [-0.05, 0) is 36.1 Å². The molecular weight excluding hydrogens is 376 g/mol. The van der Waals surface area contributed by atoms with Crippen molar-refractivity contribution in [1.29, 1.82) is 5.26 Å². The van der Waals surface area contributed by atoms with E-state index in [1.165, 1.54) is 18.5 Å². The van der Waals surface area contributed by atoms with Crippen molar-refractivity contribution in [2.24, 2.45) is 5.92 Å². The molecule has 0 radical (unpaired) electrons. The molecular formula is C20H22N4O3S. The Labute approximate surface area is 164 Å². The van der Waals surface area contributed by atoms with Crippen LogP contribution in [-0.2, 0) is 14.6 Å². The molecule has 0 spiro atoms. The number of benzene rings is 1. The first kappa shape index (κ1) is 20.0. The van der Waals surface area contributed by atoms with E-state index in [4.69, 9.17) is 0 Å². The van der Waals surface area contributed by atoms with E-state index >= 15 is 0 Å². The fraction of sp³-hybridized carbons (Fsp3) is 0.400. The number of sulfone groups is 1. The largest absolute Gasteiger partial charge is 0.310 e. The Bertz CT molecular complexity index is 994. The van der Waals surface area contributed by atoms with Crippen LogP contribution in [0, 0.1) is 17.2 Å². The summed E-state index contributed by atoms with van der Waals surface area (Å²) in [5.41, 5.74) is 0.702. The molecule has 0 aliphatic heterocycles. The lowest BCUT2D eigenvalue weighted by Crippen LogP contribution is -2.24. The van der Waals surface area contributed by atoms with E-state index < -0.39 is 15.8 Å². The maximum atomic E-state index is 13.0. The summed E-state index contributed by atoms with van der Waals surface area (Å²) in [4.78, 5) is 20.9. The van der Waals surface area contributed by atoms with E-state index in [0.717, 1.165) is 31.9 Å². The lowest BCUT2D eigenvalue weighted by atomic mass is 9.86. The average Bonchev–Trinajstić information content (AvgIpc) is 3.19. The van der Waals surface area contributed by atoms with Crippen LogP contribution in [0.4, 0.5) is 5.82 Å². The third-order valence-corrected chi connectivity index (χ3v) is 6.27. The minimum absolute atomic E-state index is 0.0189. The summed E-state index contributed by atoms with van der Waals surface area (Å²) in [5.74, 6) is 0.131. The van der Waals surface area contributed by atoms with Gasteiger partial charge in [-0.15, -0.1) is 0 Å². The summed E-state index contributed by atoms with van der Waals surface area (Å²) in [7, 11) is -3.52. The molecule has 1 aliphatic rings. The van der Waals surface area contributed by atoms with Crippen molar-refractivity contribution < 1.29 is 13.2 Å². The van der Waals surface area contributed by atoms with Gasteiger partial charge in [0.15, 0.2) is 9.84 Å². The summed E-state index contributed by atoms with van der Waals surface area (Å²) >= 11 is 0.